The third-order valence-electron chi connectivity index (χ3n) is 5.61. The summed E-state index contributed by atoms with van der Waals surface area (Å²) in [6, 6.07) is 19.4. The van der Waals surface area contributed by atoms with Crippen LogP contribution in [-0.4, -0.2) is 33.8 Å². The molecule has 1 aliphatic heterocycles. The first kappa shape index (κ1) is 21.8. The van der Waals surface area contributed by atoms with Crippen LogP contribution in [0.2, 0.25) is 0 Å². The van der Waals surface area contributed by atoms with E-state index in [1.54, 1.807) is 24.3 Å². The highest BCUT2D eigenvalue weighted by Crippen LogP contribution is 2.29. The molecular formula is C27H23FN4O2. The van der Waals surface area contributed by atoms with Gasteiger partial charge in [-0.3, -0.25) is 0 Å². The molecule has 3 N–H and O–H groups in total. The third-order valence-corrected chi connectivity index (χ3v) is 5.61. The quantitative estimate of drug-likeness (QED) is 0.386. The van der Waals surface area contributed by atoms with Crippen molar-refractivity contribution in [2.24, 2.45) is 0 Å². The molecule has 2 heterocycles. The van der Waals surface area contributed by atoms with Crippen LogP contribution in [-0.2, 0) is 0 Å². The van der Waals surface area contributed by atoms with E-state index in [9.17, 15) is 9.50 Å². The molecule has 0 amide bonds. The lowest BCUT2D eigenvalue weighted by Gasteiger charge is -2.27. The molecule has 0 radical (unpaired) electrons. The lowest BCUT2D eigenvalue weighted by molar-refractivity contribution is 0.0736. The second-order valence-electron chi connectivity index (χ2n) is 8.20. The second-order valence-corrected chi connectivity index (χ2v) is 8.20. The highest BCUT2D eigenvalue weighted by atomic mass is 19.1. The maximum atomic E-state index is 14.8. The third kappa shape index (κ3) is 4.99. The number of piperidine rings is 1. The van der Waals surface area contributed by atoms with Gasteiger partial charge < -0.3 is 20.5 Å². The summed E-state index contributed by atoms with van der Waals surface area (Å²) in [5.74, 6) is 7.08. The van der Waals surface area contributed by atoms with Gasteiger partial charge in [-0.25, -0.2) is 14.4 Å². The molecule has 1 unspecified atom stereocenters. The van der Waals surface area contributed by atoms with E-state index in [2.05, 4.69) is 32.4 Å². The zero-order valence-corrected chi connectivity index (χ0v) is 18.4. The lowest BCUT2D eigenvalue weighted by atomic mass is 9.94. The van der Waals surface area contributed by atoms with Crippen molar-refractivity contribution in [2.45, 2.75) is 18.4 Å². The van der Waals surface area contributed by atoms with Crippen molar-refractivity contribution in [2.75, 3.05) is 18.4 Å². The highest BCUT2D eigenvalue weighted by molar-refractivity contribution is 5.91. The van der Waals surface area contributed by atoms with Crippen molar-refractivity contribution >= 4 is 22.4 Å². The van der Waals surface area contributed by atoms with E-state index < -0.39 is 11.4 Å². The van der Waals surface area contributed by atoms with Crippen LogP contribution in [0.1, 0.15) is 18.4 Å². The predicted octanol–water partition coefficient (Wildman–Crippen LogP) is 4.77. The van der Waals surface area contributed by atoms with Gasteiger partial charge in [0.05, 0.1) is 11.2 Å². The smallest absolute Gasteiger partial charge is 0.150 e. The number of halogens is 1. The number of β-amino-alcohol motifs (C(OH)–C–C–N with tert-alkyl or cyclic N) is 1. The van der Waals surface area contributed by atoms with E-state index in [1.807, 2.05) is 36.4 Å². The van der Waals surface area contributed by atoms with Crippen LogP contribution < -0.4 is 15.4 Å². The fourth-order valence-electron chi connectivity index (χ4n) is 3.83. The number of anilines is 2. The van der Waals surface area contributed by atoms with Crippen LogP contribution in [0.25, 0.3) is 10.9 Å². The van der Waals surface area contributed by atoms with E-state index >= 15 is 0 Å². The predicted molar refractivity (Wildman–Crippen MR) is 130 cm³/mol. The molecule has 1 atom stereocenters. The number of fused-ring (bicyclic) bond motifs is 1. The number of hydrogen-bond donors (Lipinski definition) is 3. The van der Waals surface area contributed by atoms with E-state index in [1.165, 1.54) is 12.4 Å². The fourth-order valence-corrected chi connectivity index (χ4v) is 3.83. The van der Waals surface area contributed by atoms with Crippen molar-refractivity contribution in [1.29, 1.82) is 0 Å². The summed E-state index contributed by atoms with van der Waals surface area (Å²) in [5, 5.41) is 17.5. The first-order valence-corrected chi connectivity index (χ1v) is 11.1. The van der Waals surface area contributed by atoms with Crippen LogP contribution in [0.4, 0.5) is 15.9 Å². The Hall–Kier alpha value is -3.99. The Kier molecular flexibility index (Phi) is 6.09. The number of aliphatic hydroxyl groups is 1. The first-order valence-electron chi connectivity index (χ1n) is 11.1. The van der Waals surface area contributed by atoms with Gasteiger partial charge >= 0.3 is 0 Å². The number of hydrogen-bond acceptors (Lipinski definition) is 6. The van der Waals surface area contributed by atoms with Gasteiger partial charge in [0, 0.05) is 23.6 Å². The van der Waals surface area contributed by atoms with Gasteiger partial charge in [0.15, 0.2) is 0 Å². The fraction of sp³-hybridized carbons (Fsp3) is 0.185. The minimum atomic E-state index is -1.03. The van der Waals surface area contributed by atoms with Crippen molar-refractivity contribution in [1.82, 2.24) is 15.3 Å². The molecule has 4 aromatic rings. The number of benzene rings is 3. The summed E-state index contributed by atoms with van der Waals surface area (Å²) < 4.78 is 20.5. The van der Waals surface area contributed by atoms with Gasteiger partial charge in [-0.05, 0) is 61.9 Å². The minimum absolute atomic E-state index is 0.263. The molecule has 0 saturated carbocycles. The highest BCUT2D eigenvalue weighted by Gasteiger charge is 2.26. The average molecular weight is 455 g/mol. The average Bonchev–Trinajstić information content (AvgIpc) is 2.86. The molecule has 170 valence electrons. The monoisotopic (exact) mass is 454 g/mol. The summed E-state index contributed by atoms with van der Waals surface area (Å²) in [6.07, 6.45) is 2.95. The van der Waals surface area contributed by atoms with Gasteiger partial charge in [0.1, 0.15) is 35.1 Å². The molecule has 1 aliphatic rings. The summed E-state index contributed by atoms with van der Waals surface area (Å²) in [5.41, 5.74) is 0.648. The minimum Gasteiger partial charge on any atom is -0.457 e. The number of rotatable bonds is 4. The summed E-state index contributed by atoms with van der Waals surface area (Å²) in [4.78, 5) is 8.61. The number of para-hydroxylation sites is 1. The van der Waals surface area contributed by atoms with Crippen LogP contribution in [0.5, 0.6) is 11.5 Å². The second kappa shape index (κ2) is 9.48. The Balaban J connectivity index is 1.40. The van der Waals surface area contributed by atoms with E-state index in [4.69, 9.17) is 4.74 Å². The van der Waals surface area contributed by atoms with Crippen LogP contribution in [0.15, 0.2) is 73.1 Å². The number of ether oxygens (including phenoxy) is 1. The molecule has 1 saturated heterocycles. The number of nitrogens with one attached hydrogen (secondary N) is 2. The van der Waals surface area contributed by atoms with Gasteiger partial charge in [0.25, 0.3) is 0 Å². The zero-order valence-electron chi connectivity index (χ0n) is 18.4. The van der Waals surface area contributed by atoms with Crippen LogP contribution in [0.3, 0.4) is 0 Å². The molecule has 7 heteroatoms. The molecule has 1 fully saturated rings. The number of nitrogens with zero attached hydrogens (tertiary/aromatic N) is 2. The Labute approximate surface area is 196 Å². The van der Waals surface area contributed by atoms with E-state index in [0.29, 0.717) is 41.2 Å². The van der Waals surface area contributed by atoms with E-state index in [-0.39, 0.29) is 5.69 Å². The maximum absolute atomic E-state index is 14.8. The van der Waals surface area contributed by atoms with Crippen molar-refractivity contribution in [3.63, 3.8) is 0 Å². The van der Waals surface area contributed by atoms with Crippen LogP contribution in [0, 0.1) is 17.7 Å². The summed E-state index contributed by atoms with van der Waals surface area (Å²) >= 11 is 0. The van der Waals surface area contributed by atoms with Gasteiger partial charge in [-0.15, -0.1) is 0 Å². The van der Waals surface area contributed by atoms with Gasteiger partial charge in [-0.2, -0.15) is 0 Å². The molecule has 0 bridgehead atoms. The largest absolute Gasteiger partial charge is 0.457 e. The standard InChI is InChI=1S/C27H23FN4O2/c28-23-16-21(34-20-5-2-1-3-6-20)8-10-25(23)32-26-22-15-19(7-9-24(22)30-18-31-26)11-13-27(33)12-4-14-29-17-27/h1-3,5-10,15-16,18,29,33H,4,12,14,17H2,(H,30,31,32). The molecule has 1 aromatic heterocycles. The van der Waals surface area contributed by atoms with Gasteiger partial charge in [0.2, 0.25) is 0 Å². The van der Waals surface area contributed by atoms with Gasteiger partial charge in [-0.1, -0.05) is 30.0 Å². The molecule has 0 spiro atoms. The van der Waals surface area contributed by atoms with Crippen molar-refractivity contribution in [3.8, 4) is 23.3 Å². The zero-order chi connectivity index (χ0) is 23.4. The Bertz CT molecular complexity index is 1380. The summed E-state index contributed by atoms with van der Waals surface area (Å²) in [6.45, 7) is 1.34. The molecule has 5 rings (SSSR count). The molecule has 34 heavy (non-hydrogen) atoms. The molecule has 6 nitrogen and oxygen atoms in total. The lowest BCUT2D eigenvalue weighted by Crippen LogP contribution is -2.44. The van der Waals surface area contributed by atoms with Crippen LogP contribution >= 0.6 is 0 Å². The first-order chi connectivity index (χ1) is 16.6. The number of aromatic nitrogens is 2. The van der Waals surface area contributed by atoms with Crippen molar-refractivity contribution < 1.29 is 14.2 Å². The Morgan fingerprint density at radius 3 is 2.71 bits per heavy atom. The normalized spacial score (nSPS) is 17.6. The SMILES string of the molecule is OC1(C#Cc2ccc3ncnc(Nc4ccc(Oc5ccccc5)cc4F)c3c2)CCCNC1. The van der Waals surface area contributed by atoms with Crippen molar-refractivity contribution in [3.05, 3.63) is 84.4 Å². The molecular weight excluding hydrogens is 431 g/mol. The Morgan fingerprint density at radius 1 is 1.03 bits per heavy atom. The Morgan fingerprint density at radius 2 is 1.91 bits per heavy atom. The topological polar surface area (TPSA) is 79.3 Å². The molecule has 3 aromatic carbocycles. The maximum Gasteiger partial charge on any atom is 0.150 e. The summed E-state index contributed by atoms with van der Waals surface area (Å²) in [7, 11) is 0. The molecule has 0 aliphatic carbocycles. The van der Waals surface area contributed by atoms with E-state index in [0.717, 1.165) is 18.5 Å².